The summed E-state index contributed by atoms with van der Waals surface area (Å²) in [6.45, 7) is 0.496. The van der Waals surface area contributed by atoms with E-state index in [1.165, 1.54) is 0 Å². The van der Waals surface area contributed by atoms with Gasteiger partial charge in [-0.1, -0.05) is 24.3 Å². The number of rotatable bonds is 6. The molecule has 0 unspecified atom stereocenters. The Balaban J connectivity index is 1.73. The molecule has 27 heavy (non-hydrogen) atoms. The minimum absolute atomic E-state index is 0.0545. The standard InChI is InChI=1S/C21H20N4O2/c26-14-6-11-22-21(27)17-15-20(24-12-5-4-9-19(17)24)18-10-13-25(23-18)16-7-2-1-3-8-16/h1-5,7-10,12-13,15,26H,6,11,14H2,(H,22,27). The highest BCUT2D eigenvalue weighted by Gasteiger charge is 2.17. The van der Waals surface area contributed by atoms with Gasteiger partial charge in [0, 0.05) is 25.5 Å². The van der Waals surface area contributed by atoms with E-state index in [9.17, 15) is 4.79 Å². The second kappa shape index (κ2) is 7.47. The van der Waals surface area contributed by atoms with E-state index in [0.717, 1.165) is 22.6 Å². The number of para-hydroxylation sites is 1. The molecule has 0 atom stereocenters. The van der Waals surface area contributed by atoms with Crippen LogP contribution in [0.25, 0.3) is 22.6 Å². The average molecular weight is 360 g/mol. The van der Waals surface area contributed by atoms with Gasteiger partial charge in [-0.05, 0) is 42.8 Å². The van der Waals surface area contributed by atoms with Crippen molar-refractivity contribution in [3.05, 3.63) is 78.6 Å². The maximum absolute atomic E-state index is 12.6. The van der Waals surface area contributed by atoms with Crippen molar-refractivity contribution in [2.75, 3.05) is 13.2 Å². The highest BCUT2D eigenvalue weighted by molar-refractivity contribution is 6.02. The molecule has 0 saturated heterocycles. The second-order valence-corrected chi connectivity index (χ2v) is 6.21. The molecule has 4 rings (SSSR count). The fourth-order valence-corrected chi connectivity index (χ4v) is 3.09. The Morgan fingerprint density at radius 1 is 1.04 bits per heavy atom. The Kier molecular flexibility index (Phi) is 4.72. The van der Waals surface area contributed by atoms with Gasteiger partial charge in [0.25, 0.3) is 5.91 Å². The fourth-order valence-electron chi connectivity index (χ4n) is 3.09. The van der Waals surface area contributed by atoms with Crippen molar-refractivity contribution < 1.29 is 9.90 Å². The van der Waals surface area contributed by atoms with Crippen LogP contribution in [0.4, 0.5) is 0 Å². The third-order valence-electron chi connectivity index (χ3n) is 4.41. The molecule has 2 N–H and O–H groups in total. The van der Waals surface area contributed by atoms with Crippen LogP contribution in [0.1, 0.15) is 16.8 Å². The zero-order valence-electron chi connectivity index (χ0n) is 14.7. The molecule has 3 aromatic heterocycles. The molecule has 3 heterocycles. The van der Waals surface area contributed by atoms with Crippen LogP contribution in [0.2, 0.25) is 0 Å². The number of aliphatic hydroxyl groups excluding tert-OH is 1. The first-order valence-corrected chi connectivity index (χ1v) is 8.88. The van der Waals surface area contributed by atoms with Gasteiger partial charge in [-0.3, -0.25) is 4.79 Å². The Morgan fingerprint density at radius 2 is 1.85 bits per heavy atom. The number of benzene rings is 1. The minimum Gasteiger partial charge on any atom is -0.396 e. The van der Waals surface area contributed by atoms with E-state index >= 15 is 0 Å². The van der Waals surface area contributed by atoms with E-state index in [4.69, 9.17) is 5.11 Å². The highest BCUT2D eigenvalue weighted by atomic mass is 16.3. The number of hydrogen-bond donors (Lipinski definition) is 2. The summed E-state index contributed by atoms with van der Waals surface area (Å²) < 4.78 is 3.79. The van der Waals surface area contributed by atoms with Crippen molar-refractivity contribution in [3.8, 4) is 17.1 Å². The number of aromatic nitrogens is 3. The first kappa shape index (κ1) is 17.1. The largest absolute Gasteiger partial charge is 0.396 e. The number of aliphatic hydroxyl groups is 1. The monoisotopic (exact) mass is 360 g/mol. The molecule has 0 fully saturated rings. The minimum atomic E-state index is -0.152. The molecule has 0 saturated carbocycles. The quantitative estimate of drug-likeness (QED) is 0.520. The van der Waals surface area contributed by atoms with Crippen LogP contribution in [0, 0.1) is 0 Å². The lowest BCUT2D eigenvalue weighted by molar-refractivity contribution is 0.0953. The number of amides is 1. The van der Waals surface area contributed by atoms with E-state index in [-0.39, 0.29) is 12.5 Å². The normalized spacial score (nSPS) is 11.0. The lowest BCUT2D eigenvalue weighted by Gasteiger charge is -2.03. The van der Waals surface area contributed by atoms with Gasteiger partial charge in [0.05, 0.1) is 22.5 Å². The van der Waals surface area contributed by atoms with Crippen LogP contribution in [-0.4, -0.2) is 38.3 Å². The molecule has 0 aliphatic heterocycles. The molecule has 0 bridgehead atoms. The topological polar surface area (TPSA) is 71.6 Å². The van der Waals surface area contributed by atoms with Crippen LogP contribution in [0.15, 0.2) is 73.1 Å². The molecule has 6 heteroatoms. The van der Waals surface area contributed by atoms with Gasteiger partial charge in [0.1, 0.15) is 5.69 Å². The number of nitrogens with zero attached hydrogens (tertiary/aromatic N) is 3. The molecule has 1 aromatic carbocycles. The van der Waals surface area contributed by atoms with Crippen molar-refractivity contribution >= 4 is 11.4 Å². The Hall–Kier alpha value is -3.38. The van der Waals surface area contributed by atoms with E-state index < -0.39 is 0 Å². The molecule has 136 valence electrons. The van der Waals surface area contributed by atoms with Gasteiger partial charge < -0.3 is 14.8 Å². The Morgan fingerprint density at radius 3 is 2.67 bits per heavy atom. The summed E-state index contributed by atoms with van der Waals surface area (Å²) in [7, 11) is 0. The van der Waals surface area contributed by atoms with Crippen molar-refractivity contribution in [1.29, 1.82) is 0 Å². The van der Waals surface area contributed by atoms with Gasteiger partial charge >= 0.3 is 0 Å². The van der Waals surface area contributed by atoms with E-state index in [0.29, 0.717) is 18.5 Å². The molecule has 1 amide bonds. The van der Waals surface area contributed by atoms with Gasteiger partial charge in [-0.2, -0.15) is 5.10 Å². The zero-order chi connectivity index (χ0) is 18.6. The number of pyridine rings is 1. The third kappa shape index (κ3) is 3.35. The van der Waals surface area contributed by atoms with Crippen molar-refractivity contribution in [2.24, 2.45) is 0 Å². The fraction of sp³-hybridized carbons (Fsp3) is 0.143. The summed E-state index contributed by atoms with van der Waals surface area (Å²) in [5.41, 5.74) is 4.04. The number of carbonyl (C=O) groups is 1. The zero-order valence-corrected chi connectivity index (χ0v) is 14.7. The number of carbonyl (C=O) groups excluding carboxylic acids is 1. The van der Waals surface area contributed by atoms with E-state index in [1.54, 1.807) is 0 Å². The molecule has 4 aromatic rings. The smallest absolute Gasteiger partial charge is 0.253 e. The number of fused-ring (bicyclic) bond motifs is 1. The van der Waals surface area contributed by atoms with Crippen molar-refractivity contribution in [1.82, 2.24) is 19.5 Å². The summed E-state index contributed by atoms with van der Waals surface area (Å²) in [5, 5.41) is 16.4. The predicted octanol–water partition coefficient (Wildman–Crippen LogP) is 2.90. The Labute approximate surface area is 156 Å². The van der Waals surface area contributed by atoms with E-state index in [2.05, 4.69) is 10.4 Å². The SMILES string of the molecule is O=C(NCCCO)c1cc(-c2ccn(-c3ccccc3)n2)n2ccccc12. The first-order valence-electron chi connectivity index (χ1n) is 8.88. The summed E-state index contributed by atoms with van der Waals surface area (Å²) in [6.07, 6.45) is 4.37. The van der Waals surface area contributed by atoms with Crippen LogP contribution in [-0.2, 0) is 0 Å². The summed E-state index contributed by atoms with van der Waals surface area (Å²) in [6, 6.07) is 19.5. The summed E-state index contributed by atoms with van der Waals surface area (Å²) >= 11 is 0. The molecule has 0 aliphatic rings. The van der Waals surface area contributed by atoms with Crippen LogP contribution < -0.4 is 5.32 Å². The van der Waals surface area contributed by atoms with Crippen LogP contribution in [0.3, 0.4) is 0 Å². The first-order chi connectivity index (χ1) is 13.3. The second-order valence-electron chi connectivity index (χ2n) is 6.21. The Bertz CT molecular complexity index is 1070. The number of nitrogens with one attached hydrogen (secondary N) is 1. The van der Waals surface area contributed by atoms with E-state index in [1.807, 2.05) is 82.1 Å². The van der Waals surface area contributed by atoms with Crippen molar-refractivity contribution in [2.45, 2.75) is 6.42 Å². The van der Waals surface area contributed by atoms with Gasteiger partial charge in [0.2, 0.25) is 0 Å². The predicted molar refractivity (Wildman–Crippen MR) is 104 cm³/mol. The molecule has 0 aliphatic carbocycles. The third-order valence-corrected chi connectivity index (χ3v) is 4.41. The molecular formula is C21H20N4O2. The summed E-state index contributed by atoms with van der Waals surface area (Å²) in [4.78, 5) is 12.6. The number of hydrogen-bond acceptors (Lipinski definition) is 3. The van der Waals surface area contributed by atoms with Gasteiger partial charge in [-0.25, -0.2) is 4.68 Å². The molecular weight excluding hydrogens is 340 g/mol. The van der Waals surface area contributed by atoms with Crippen LogP contribution >= 0.6 is 0 Å². The maximum Gasteiger partial charge on any atom is 0.253 e. The average Bonchev–Trinajstić information content (AvgIpc) is 3.34. The van der Waals surface area contributed by atoms with Gasteiger partial charge in [0.15, 0.2) is 0 Å². The lowest BCUT2D eigenvalue weighted by atomic mass is 10.2. The molecule has 0 radical (unpaired) electrons. The summed E-state index contributed by atoms with van der Waals surface area (Å²) in [5.74, 6) is -0.152. The lowest BCUT2D eigenvalue weighted by Crippen LogP contribution is -2.24. The molecule has 6 nitrogen and oxygen atoms in total. The molecule has 0 spiro atoms. The maximum atomic E-state index is 12.6. The van der Waals surface area contributed by atoms with Gasteiger partial charge in [-0.15, -0.1) is 0 Å². The van der Waals surface area contributed by atoms with Crippen LogP contribution in [0.5, 0.6) is 0 Å². The van der Waals surface area contributed by atoms with Crippen molar-refractivity contribution in [3.63, 3.8) is 0 Å². The highest BCUT2D eigenvalue weighted by Crippen LogP contribution is 2.25.